The third kappa shape index (κ3) is 9.53. The molecule has 6 nitrogen and oxygen atoms in total. The van der Waals surface area contributed by atoms with Gasteiger partial charge < -0.3 is 18.9 Å². The van der Waals surface area contributed by atoms with Crippen molar-refractivity contribution in [1.29, 1.82) is 0 Å². The maximum absolute atomic E-state index is 11.6. The molecule has 2 atom stereocenters. The first-order chi connectivity index (χ1) is 12.7. The first-order valence-corrected chi connectivity index (χ1v) is 10.3. The van der Waals surface area contributed by atoms with Gasteiger partial charge >= 0.3 is 11.9 Å². The lowest BCUT2D eigenvalue weighted by atomic mass is 10.1. The highest BCUT2D eigenvalue weighted by Gasteiger charge is 2.16. The lowest BCUT2D eigenvalue weighted by molar-refractivity contribution is -0.146. The van der Waals surface area contributed by atoms with E-state index in [1.165, 1.54) is 0 Å². The quantitative estimate of drug-likeness (QED) is 0.365. The van der Waals surface area contributed by atoms with Crippen LogP contribution in [0, 0.1) is 0 Å². The van der Waals surface area contributed by atoms with Gasteiger partial charge in [-0.2, -0.15) is 0 Å². The van der Waals surface area contributed by atoms with Crippen LogP contribution in [-0.4, -0.2) is 50.6 Å². The van der Waals surface area contributed by atoms with Gasteiger partial charge in [0.2, 0.25) is 0 Å². The maximum atomic E-state index is 11.6. The van der Waals surface area contributed by atoms with Gasteiger partial charge in [-0.25, -0.2) is 0 Å². The zero-order valence-electron chi connectivity index (χ0n) is 15.9. The topological polar surface area (TPSA) is 71.1 Å². The Morgan fingerprint density at radius 1 is 0.731 bits per heavy atom. The van der Waals surface area contributed by atoms with Gasteiger partial charge in [0, 0.05) is 26.1 Å². The summed E-state index contributed by atoms with van der Waals surface area (Å²) >= 11 is 0. The molecule has 6 heteroatoms. The smallest absolute Gasteiger partial charge is 0.305 e. The minimum atomic E-state index is -0.178. The summed E-state index contributed by atoms with van der Waals surface area (Å²) in [5.41, 5.74) is 0. The van der Waals surface area contributed by atoms with Crippen LogP contribution < -0.4 is 0 Å². The average molecular weight is 370 g/mol. The summed E-state index contributed by atoms with van der Waals surface area (Å²) in [6.07, 6.45) is 10.9. The Hall–Kier alpha value is -1.14. The molecule has 150 valence electrons. The minimum absolute atomic E-state index is 0.178. The van der Waals surface area contributed by atoms with Crippen molar-refractivity contribution in [1.82, 2.24) is 0 Å². The van der Waals surface area contributed by atoms with E-state index in [0.29, 0.717) is 51.1 Å². The minimum Gasteiger partial charge on any atom is -0.466 e. The Morgan fingerprint density at radius 3 is 1.58 bits per heavy atom. The van der Waals surface area contributed by atoms with Crippen molar-refractivity contribution in [2.45, 2.75) is 89.3 Å². The predicted molar refractivity (Wildman–Crippen MR) is 96.8 cm³/mol. The van der Waals surface area contributed by atoms with Crippen molar-refractivity contribution in [3.05, 3.63) is 0 Å². The van der Waals surface area contributed by atoms with E-state index in [0.717, 1.165) is 64.6 Å². The van der Waals surface area contributed by atoms with Crippen molar-refractivity contribution in [3.8, 4) is 0 Å². The van der Waals surface area contributed by atoms with Gasteiger partial charge in [0.1, 0.15) is 0 Å². The highest BCUT2D eigenvalue weighted by atomic mass is 16.5. The summed E-state index contributed by atoms with van der Waals surface area (Å²) in [7, 11) is 0. The Labute approximate surface area is 156 Å². The fourth-order valence-electron chi connectivity index (χ4n) is 3.42. The molecular formula is C20H34O6. The van der Waals surface area contributed by atoms with Crippen molar-refractivity contribution >= 4 is 11.9 Å². The van der Waals surface area contributed by atoms with Gasteiger partial charge in [-0.1, -0.05) is 0 Å². The molecule has 0 N–H and O–H groups in total. The maximum Gasteiger partial charge on any atom is 0.305 e. The molecule has 2 aliphatic rings. The largest absolute Gasteiger partial charge is 0.466 e. The van der Waals surface area contributed by atoms with Crippen LogP contribution in [0.5, 0.6) is 0 Å². The van der Waals surface area contributed by atoms with Crippen LogP contribution >= 0.6 is 0 Å². The number of esters is 2. The van der Waals surface area contributed by atoms with E-state index in [9.17, 15) is 9.59 Å². The number of carbonyl (C=O) groups excluding carboxylic acids is 2. The molecule has 0 aromatic rings. The monoisotopic (exact) mass is 370 g/mol. The van der Waals surface area contributed by atoms with Crippen LogP contribution in [0.3, 0.4) is 0 Å². The van der Waals surface area contributed by atoms with Gasteiger partial charge in [0.25, 0.3) is 0 Å². The van der Waals surface area contributed by atoms with E-state index in [4.69, 9.17) is 18.9 Å². The first-order valence-electron chi connectivity index (χ1n) is 10.3. The Morgan fingerprint density at radius 2 is 1.19 bits per heavy atom. The molecule has 0 aliphatic carbocycles. The molecule has 0 bridgehead atoms. The van der Waals surface area contributed by atoms with E-state index in [-0.39, 0.29) is 11.9 Å². The number of carbonyl (C=O) groups is 2. The van der Waals surface area contributed by atoms with Gasteiger partial charge in [0.05, 0.1) is 25.4 Å². The lowest BCUT2D eigenvalue weighted by Crippen LogP contribution is -2.11. The third-order valence-corrected chi connectivity index (χ3v) is 4.93. The second-order valence-corrected chi connectivity index (χ2v) is 7.20. The fourth-order valence-corrected chi connectivity index (χ4v) is 3.42. The molecule has 0 amide bonds. The second-order valence-electron chi connectivity index (χ2n) is 7.20. The van der Waals surface area contributed by atoms with Crippen LogP contribution in [0.25, 0.3) is 0 Å². The number of rotatable bonds is 13. The van der Waals surface area contributed by atoms with Gasteiger partial charge in [-0.05, 0) is 64.2 Å². The Kier molecular flexibility index (Phi) is 10.7. The molecule has 2 saturated heterocycles. The number of unbranched alkanes of at least 4 members (excludes halogenated alkanes) is 1. The summed E-state index contributed by atoms with van der Waals surface area (Å²) in [5.74, 6) is -0.357. The van der Waals surface area contributed by atoms with E-state index in [1.54, 1.807) is 0 Å². The molecule has 2 rings (SSSR count). The molecule has 0 aromatic carbocycles. The normalized spacial score (nSPS) is 22.5. The van der Waals surface area contributed by atoms with Crippen LogP contribution in [-0.2, 0) is 28.5 Å². The van der Waals surface area contributed by atoms with E-state index >= 15 is 0 Å². The third-order valence-electron chi connectivity index (χ3n) is 4.93. The molecule has 0 spiro atoms. The summed E-state index contributed by atoms with van der Waals surface area (Å²) in [6.45, 7) is 2.65. The molecule has 0 unspecified atom stereocenters. The fraction of sp³-hybridized carbons (Fsp3) is 0.900. The highest BCUT2D eigenvalue weighted by Crippen LogP contribution is 2.17. The molecule has 0 radical (unpaired) electrons. The summed E-state index contributed by atoms with van der Waals surface area (Å²) in [5, 5.41) is 0. The van der Waals surface area contributed by atoms with Crippen LogP contribution in [0.2, 0.25) is 0 Å². The molecule has 26 heavy (non-hydrogen) atoms. The Balaban J connectivity index is 1.34. The molecule has 2 heterocycles. The SMILES string of the molecule is O=C(CCCCC(=O)OCCC[C@H]1CCCO1)OCCC[C@@H]1CCCO1. The zero-order valence-corrected chi connectivity index (χ0v) is 15.9. The van der Waals surface area contributed by atoms with E-state index in [2.05, 4.69) is 0 Å². The van der Waals surface area contributed by atoms with Crippen LogP contribution in [0.4, 0.5) is 0 Å². The molecule has 0 aromatic heterocycles. The molecular weight excluding hydrogens is 336 g/mol. The summed E-state index contributed by atoms with van der Waals surface area (Å²) < 4.78 is 21.5. The number of hydrogen-bond donors (Lipinski definition) is 0. The van der Waals surface area contributed by atoms with E-state index < -0.39 is 0 Å². The van der Waals surface area contributed by atoms with Gasteiger partial charge in [0.15, 0.2) is 0 Å². The van der Waals surface area contributed by atoms with Crippen molar-refractivity contribution in [2.24, 2.45) is 0 Å². The first kappa shape index (κ1) is 21.2. The average Bonchev–Trinajstić information content (AvgIpc) is 3.33. The van der Waals surface area contributed by atoms with Crippen LogP contribution in [0.15, 0.2) is 0 Å². The van der Waals surface area contributed by atoms with Crippen molar-refractivity contribution < 1.29 is 28.5 Å². The second kappa shape index (κ2) is 13.1. The molecule has 0 saturated carbocycles. The lowest BCUT2D eigenvalue weighted by Gasteiger charge is -2.10. The highest BCUT2D eigenvalue weighted by molar-refractivity contribution is 5.70. The summed E-state index contributed by atoms with van der Waals surface area (Å²) in [6, 6.07) is 0. The standard InChI is InChI=1S/C20H34O6/c21-19(25-15-5-9-17-7-3-13-23-17)11-1-2-12-20(22)26-16-6-10-18-8-4-14-24-18/h17-18H,1-16H2/t17-,18+. The van der Waals surface area contributed by atoms with Gasteiger partial charge in [-0.3, -0.25) is 9.59 Å². The van der Waals surface area contributed by atoms with Crippen LogP contribution in [0.1, 0.15) is 77.0 Å². The Bertz CT molecular complexity index is 361. The molecule has 2 fully saturated rings. The summed E-state index contributed by atoms with van der Waals surface area (Å²) in [4.78, 5) is 23.3. The van der Waals surface area contributed by atoms with Crippen molar-refractivity contribution in [3.63, 3.8) is 0 Å². The van der Waals surface area contributed by atoms with Crippen molar-refractivity contribution in [2.75, 3.05) is 26.4 Å². The zero-order chi connectivity index (χ0) is 18.5. The van der Waals surface area contributed by atoms with Gasteiger partial charge in [-0.15, -0.1) is 0 Å². The predicted octanol–water partition coefficient (Wildman–Crippen LogP) is 3.55. The number of hydrogen-bond acceptors (Lipinski definition) is 6. The number of ether oxygens (including phenoxy) is 4. The molecule has 2 aliphatic heterocycles. The van der Waals surface area contributed by atoms with E-state index in [1.807, 2.05) is 0 Å².